The number of rotatable bonds is 7. The Balaban J connectivity index is 1.63. The van der Waals surface area contributed by atoms with Gasteiger partial charge in [0.05, 0.1) is 10.0 Å². The highest BCUT2D eigenvalue weighted by molar-refractivity contribution is 6.42. The van der Waals surface area contributed by atoms with Gasteiger partial charge in [0.15, 0.2) is 0 Å². The number of hydrogen-bond acceptors (Lipinski definition) is 4. The van der Waals surface area contributed by atoms with Crippen molar-refractivity contribution in [1.82, 2.24) is 14.9 Å². The molecule has 0 aliphatic carbocycles. The van der Waals surface area contributed by atoms with Crippen molar-refractivity contribution < 1.29 is 0 Å². The summed E-state index contributed by atoms with van der Waals surface area (Å²) in [6.07, 6.45) is 4.51. The van der Waals surface area contributed by atoms with E-state index < -0.39 is 0 Å². The van der Waals surface area contributed by atoms with Crippen LogP contribution >= 0.6 is 23.2 Å². The highest BCUT2D eigenvalue weighted by Gasteiger charge is 2.20. The second-order valence-electron chi connectivity index (χ2n) is 7.73. The monoisotopic (exact) mass is 418 g/mol. The second kappa shape index (κ2) is 9.82. The zero-order valence-electron chi connectivity index (χ0n) is 16.6. The molecule has 0 amide bonds. The number of nitrogens with zero attached hydrogens (tertiary/aromatic N) is 3. The van der Waals surface area contributed by atoms with Gasteiger partial charge >= 0.3 is 0 Å². The van der Waals surface area contributed by atoms with Gasteiger partial charge in [-0.25, -0.2) is 9.97 Å². The zero-order valence-corrected chi connectivity index (χ0v) is 18.2. The normalized spacial score (nSPS) is 17.6. The molecule has 1 saturated heterocycles. The lowest BCUT2D eigenvalue weighted by Gasteiger charge is -2.31. The number of halogens is 2. The summed E-state index contributed by atoms with van der Waals surface area (Å²) < 4.78 is 0. The standard InChI is InChI=1S/C22H28Cl2N4/c1-3-28-8-4-5-17(14-28)11-19-9-15(2)26-22(27-19)13-18(25)10-16-6-7-20(23)21(24)12-16/h6-7,9,12,17,25H,3-5,8,10-11,13-14H2,1-2H3. The first-order valence-corrected chi connectivity index (χ1v) is 10.7. The summed E-state index contributed by atoms with van der Waals surface area (Å²) >= 11 is 12.1. The molecule has 0 spiro atoms. The van der Waals surface area contributed by atoms with Crippen LogP contribution < -0.4 is 0 Å². The van der Waals surface area contributed by atoms with Gasteiger partial charge in [0.25, 0.3) is 0 Å². The van der Waals surface area contributed by atoms with Crippen LogP contribution in [-0.2, 0) is 19.3 Å². The first-order valence-electron chi connectivity index (χ1n) is 9.99. The lowest BCUT2D eigenvalue weighted by molar-refractivity contribution is 0.181. The number of piperidine rings is 1. The molecule has 1 fully saturated rings. The second-order valence-corrected chi connectivity index (χ2v) is 8.54. The van der Waals surface area contributed by atoms with Gasteiger partial charge < -0.3 is 10.3 Å². The zero-order chi connectivity index (χ0) is 20.1. The predicted molar refractivity (Wildman–Crippen MR) is 117 cm³/mol. The highest BCUT2D eigenvalue weighted by Crippen LogP contribution is 2.23. The Hall–Kier alpha value is -1.49. The Morgan fingerprint density at radius 3 is 2.75 bits per heavy atom. The van der Waals surface area contributed by atoms with Crippen LogP contribution in [0, 0.1) is 18.3 Å². The molecule has 1 unspecified atom stereocenters. The highest BCUT2D eigenvalue weighted by atomic mass is 35.5. The summed E-state index contributed by atoms with van der Waals surface area (Å²) in [5.41, 5.74) is 3.64. The Bertz CT molecular complexity index is 837. The Morgan fingerprint density at radius 2 is 2.00 bits per heavy atom. The first-order chi connectivity index (χ1) is 13.4. The van der Waals surface area contributed by atoms with E-state index in [4.69, 9.17) is 33.6 Å². The lowest BCUT2D eigenvalue weighted by Crippen LogP contribution is -2.36. The molecule has 0 bridgehead atoms. The first kappa shape index (κ1) is 21.2. The molecular weight excluding hydrogens is 391 g/mol. The minimum atomic E-state index is 0.459. The molecule has 0 radical (unpaired) electrons. The third-order valence-electron chi connectivity index (χ3n) is 5.27. The molecule has 1 aromatic heterocycles. The molecule has 150 valence electrons. The molecule has 1 aliphatic heterocycles. The topological polar surface area (TPSA) is 52.9 Å². The van der Waals surface area contributed by atoms with Crippen molar-refractivity contribution in [2.24, 2.45) is 5.92 Å². The van der Waals surface area contributed by atoms with Crippen LogP contribution in [0.1, 0.15) is 42.5 Å². The molecule has 6 heteroatoms. The number of aromatic nitrogens is 2. The van der Waals surface area contributed by atoms with Crippen LogP contribution in [0.5, 0.6) is 0 Å². The molecule has 2 aromatic rings. The summed E-state index contributed by atoms with van der Waals surface area (Å²) in [5.74, 6) is 1.40. The fourth-order valence-corrected chi connectivity index (χ4v) is 4.25. The molecule has 1 atom stereocenters. The van der Waals surface area contributed by atoms with Crippen LogP contribution in [0.15, 0.2) is 24.3 Å². The number of nitrogens with one attached hydrogen (secondary N) is 1. The van der Waals surface area contributed by atoms with Crippen LogP contribution in [0.4, 0.5) is 0 Å². The van der Waals surface area contributed by atoms with Gasteiger partial charge in [-0.2, -0.15) is 0 Å². The van der Waals surface area contributed by atoms with Gasteiger partial charge in [0.1, 0.15) is 5.82 Å². The van der Waals surface area contributed by atoms with Crippen LogP contribution in [-0.4, -0.2) is 40.2 Å². The van der Waals surface area contributed by atoms with Crippen molar-refractivity contribution in [2.45, 2.75) is 46.0 Å². The minimum Gasteiger partial charge on any atom is -0.309 e. The fraction of sp³-hybridized carbons (Fsp3) is 0.500. The third-order valence-corrected chi connectivity index (χ3v) is 6.01. The minimum absolute atomic E-state index is 0.459. The molecule has 1 N–H and O–H groups in total. The molecule has 1 aromatic carbocycles. The van der Waals surface area contributed by atoms with Gasteiger partial charge in [0.2, 0.25) is 0 Å². The molecular formula is C22H28Cl2N4. The van der Waals surface area contributed by atoms with Crippen molar-refractivity contribution in [1.29, 1.82) is 5.41 Å². The number of likely N-dealkylation sites (tertiary alicyclic amines) is 1. The Kier molecular flexibility index (Phi) is 7.44. The van der Waals surface area contributed by atoms with Crippen molar-refractivity contribution in [3.8, 4) is 0 Å². The summed E-state index contributed by atoms with van der Waals surface area (Å²) in [4.78, 5) is 11.9. The van der Waals surface area contributed by atoms with E-state index in [1.807, 2.05) is 19.1 Å². The van der Waals surface area contributed by atoms with Gasteiger partial charge in [-0.05, 0) is 69.0 Å². The Labute approximate surface area is 177 Å². The SMILES string of the molecule is CCN1CCCC(Cc2cc(C)nc(CC(=N)Cc3ccc(Cl)c(Cl)c3)n2)C1. The van der Waals surface area contributed by atoms with Gasteiger partial charge in [-0.1, -0.05) is 36.2 Å². The smallest absolute Gasteiger partial charge is 0.134 e. The van der Waals surface area contributed by atoms with E-state index in [-0.39, 0.29) is 0 Å². The lowest BCUT2D eigenvalue weighted by atomic mass is 9.93. The maximum atomic E-state index is 8.37. The molecule has 1 aliphatic rings. The van der Waals surface area contributed by atoms with Gasteiger partial charge in [-0.3, -0.25) is 0 Å². The van der Waals surface area contributed by atoms with Crippen molar-refractivity contribution in [2.75, 3.05) is 19.6 Å². The molecule has 0 saturated carbocycles. The fourth-order valence-electron chi connectivity index (χ4n) is 3.93. The van der Waals surface area contributed by atoms with Crippen molar-refractivity contribution >= 4 is 28.9 Å². The van der Waals surface area contributed by atoms with E-state index >= 15 is 0 Å². The van der Waals surface area contributed by atoms with E-state index in [0.29, 0.717) is 34.5 Å². The van der Waals surface area contributed by atoms with E-state index in [0.717, 1.165) is 42.3 Å². The van der Waals surface area contributed by atoms with Gasteiger partial charge in [-0.15, -0.1) is 0 Å². The van der Waals surface area contributed by atoms with E-state index in [1.165, 1.54) is 19.4 Å². The van der Waals surface area contributed by atoms with Crippen LogP contribution in [0.25, 0.3) is 0 Å². The van der Waals surface area contributed by atoms with Crippen molar-refractivity contribution in [3.05, 3.63) is 57.1 Å². The summed E-state index contributed by atoms with van der Waals surface area (Å²) in [6.45, 7) is 7.73. The predicted octanol–water partition coefficient (Wildman–Crippen LogP) is 5.17. The number of aryl methyl sites for hydroxylation is 1. The number of hydrogen-bond donors (Lipinski definition) is 1. The van der Waals surface area contributed by atoms with Crippen molar-refractivity contribution in [3.63, 3.8) is 0 Å². The van der Waals surface area contributed by atoms with E-state index in [2.05, 4.69) is 22.9 Å². The number of benzene rings is 1. The van der Waals surface area contributed by atoms with Crippen LogP contribution in [0.2, 0.25) is 10.0 Å². The maximum absolute atomic E-state index is 8.37. The summed E-state index contributed by atoms with van der Waals surface area (Å²) in [5, 5.41) is 9.43. The molecule has 28 heavy (non-hydrogen) atoms. The summed E-state index contributed by atoms with van der Waals surface area (Å²) in [7, 11) is 0. The average molecular weight is 419 g/mol. The quantitative estimate of drug-likeness (QED) is 0.630. The molecule has 3 rings (SSSR count). The molecule has 4 nitrogen and oxygen atoms in total. The molecule has 2 heterocycles. The Morgan fingerprint density at radius 1 is 1.18 bits per heavy atom. The third kappa shape index (κ3) is 6.00. The van der Waals surface area contributed by atoms with E-state index in [1.54, 1.807) is 6.07 Å². The van der Waals surface area contributed by atoms with Crippen LogP contribution in [0.3, 0.4) is 0 Å². The summed E-state index contributed by atoms with van der Waals surface area (Å²) in [6, 6.07) is 7.60. The van der Waals surface area contributed by atoms with E-state index in [9.17, 15) is 0 Å². The largest absolute Gasteiger partial charge is 0.309 e. The maximum Gasteiger partial charge on any atom is 0.134 e. The average Bonchev–Trinajstić information content (AvgIpc) is 2.64. The van der Waals surface area contributed by atoms with Gasteiger partial charge in [0, 0.05) is 36.5 Å².